The fraction of sp³-hybridized carbons (Fsp3) is 0.833. The Labute approximate surface area is 147 Å². The van der Waals surface area contributed by atoms with Crippen molar-refractivity contribution in [2.45, 2.75) is 56.7 Å². The molecule has 0 bridgehead atoms. The van der Waals surface area contributed by atoms with E-state index in [1.54, 1.807) is 0 Å². The second-order valence-corrected chi connectivity index (χ2v) is 7.87. The Morgan fingerprint density at radius 2 is 1.84 bits per heavy atom. The average molecular weight is 347 g/mol. The number of hydrogen-bond acceptors (Lipinski definition) is 6. The van der Waals surface area contributed by atoms with Gasteiger partial charge < -0.3 is 18.8 Å². The maximum atomic E-state index is 12.8. The number of likely N-dealkylation sites (tertiary alicyclic amines) is 1. The van der Waals surface area contributed by atoms with E-state index in [2.05, 4.69) is 10.2 Å². The second-order valence-electron chi connectivity index (χ2n) is 7.87. The van der Waals surface area contributed by atoms with Gasteiger partial charge in [0.2, 0.25) is 17.7 Å². The predicted molar refractivity (Wildman–Crippen MR) is 86.7 cm³/mol. The fourth-order valence-corrected chi connectivity index (χ4v) is 4.36. The number of ether oxygens (including phenoxy) is 2. The molecule has 5 rings (SSSR count). The first-order valence-electron chi connectivity index (χ1n) is 9.63. The molecule has 0 aromatic carbocycles. The van der Waals surface area contributed by atoms with Gasteiger partial charge in [0.1, 0.15) is 6.10 Å². The maximum absolute atomic E-state index is 12.8. The van der Waals surface area contributed by atoms with Gasteiger partial charge in [0.25, 0.3) is 0 Å². The van der Waals surface area contributed by atoms with Crippen molar-refractivity contribution in [3.63, 3.8) is 0 Å². The van der Waals surface area contributed by atoms with Crippen molar-refractivity contribution in [1.29, 1.82) is 0 Å². The first-order chi connectivity index (χ1) is 12.3. The van der Waals surface area contributed by atoms with Crippen molar-refractivity contribution < 1.29 is 18.7 Å². The molecule has 0 radical (unpaired) electrons. The highest BCUT2D eigenvalue weighted by atomic mass is 16.5. The first kappa shape index (κ1) is 15.8. The Morgan fingerprint density at radius 3 is 2.64 bits per heavy atom. The highest BCUT2D eigenvalue weighted by Crippen LogP contribution is 2.43. The molecule has 7 heteroatoms. The Bertz CT molecular complexity index is 638. The lowest BCUT2D eigenvalue weighted by Gasteiger charge is -2.36. The van der Waals surface area contributed by atoms with Crippen LogP contribution in [0.3, 0.4) is 0 Å². The molecule has 25 heavy (non-hydrogen) atoms. The zero-order valence-corrected chi connectivity index (χ0v) is 14.4. The summed E-state index contributed by atoms with van der Waals surface area (Å²) in [4.78, 5) is 14.8. The van der Waals surface area contributed by atoms with E-state index in [-0.39, 0.29) is 24.0 Å². The van der Waals surface area contributed by atoms with Gasteiger partial charge in [-0.1, -0.05) is 0 Å². The van der Waals surface area contributed by atoms with Crippen LogP contribution in [0.5, 0.6) is 0 Å². The molecule has 136 valence electrons. The van der Waals surface area contributed by atoms with Crippen LogP contribution in [0.2, 0.25) is 0 Å². The zero-order chi connectivity index (χ0) is 16.8. The van der Waals surface area contributed by atoms with E-state index in [9.17, 15) is 4.79 Å². The molecule has 1 amide bonds. The molecular formula is C18H25N3O4. The Balaban J connectivity index is 1.21. The van der Waals surface area contributed by atoms with Crippen LogP contribution in [0.1, 0.15) is 62.3 Å². The van der Waals surface area contributed by atoms with Gasteiger partial charge in [-0.05, 0) is 44.4 Å². The summed E-state index contributed by atoms with van der Waals surface area (Å²) < 4.78 is 17.4. The molecule has 3 aliphatic heterocycles. The van der Waals surface area contributed by atoms with Crippen LogP contribution in [0.15, 0.2) is 4.42 Å². The van der Waals surface area contributed by atoms with Crippen LogP contribution >= 0.6 is 0 Å². The lowest BCUT2D eigenvalue weighted by atomic mass is 9.90. The van der Waals surface area contributed by atoms with Gasteiger partial charge in [0, 0.05) is 38.1 Å². The highest BCUT2D eigenvalue weighted by Gasteiger charge is 2.43. The molecule has 1 aromatic heterocycles. The molecule has 0 N–H and O–H groups in total. The van der Waals surface area contributed by atoms with Gasteiger partial charge in [-0.3, -0.25) is 4.79 Å². The van der Waals surface area contributed by atoms with E-state index < -0.39 is 0 Å². The van der Waals surface area contributed by atoms with E-state index in [4.69, 9.17) is 13.9 Å². The summed E-state index contributed by atoms with van der Waals surface area (Å²) in [6, 6.07) is 0. The minimum absolute atomic E-state index is 0.0961. The molecule has 0 spiro atoms. The number of aromatic nitrogens is 2. The van der Waals surface area contributed by atoms with Gasteiger partial charge in [-0.2, -0.15) is 0 Å². The molecule has 0 unspecified atom stereocenters. The van der Waals surface area contributed by atoms with Crippen molar-refractivity contribution in [2.75, 3.05) is 26.3 Å². The topological polar surface area (TPSA) is 77.7 Å². The molecule has 4 fully saturated rings. The number of amides is 1. The molecule has 4 aliphatic rings. The van der Waals surface area contributed by atoms with Gasteiger partial charge >= 0.3 is 0 Å². The normalized spacial score (nSPS) is 33.4. The molecule has 3 atom stereocenters. The van der Waals surface area contributed by atoms with Crippen molar-refractivity contribution in [3.05, 3.63) is 11.8 Å². The van der Waals surface area contributed by atoms with E-state index in [0.717, 1.165) is 51.0 Å². The Hall–Kier alpha value is -1.47. The van der Waals surface area contributed by atoms with Crippen molar-refractivity contribution in [3.8, 4) is 0 Å². The van der Waals surface area contributed by atoms with Crippen LogP contribution in [0.4, 0.5) is 0 Å². The third kappa shape index (κ3) is 3.08. The van der Waals surface area contributed by atoms with Crippen LogP contribution in [0, 0.1) is 11.8 Å². The number of fused-ring (bicyclic) bond motifs is 1. The van der Waals surface area contributed by atoms with Gasteiger partial charge in [0.05, 0.1) is 6.10 Å². The van der Waals surface area contributed by atoms with Gasteiger partial charge in [-0.15, -0.1) is 10.2 Å². The average Bonchev–Trinajstić information content (AvgIpc) is 3.23. The molecule has 4 heterocycles. The number of piperidine rings is 1. The summed E-state index contributed by atoms with van der Waals surface area (Å²) in [5.41, 5.74) is 0. The molecule has 1 saturated carbocycles. The fourth-order valence-electron chi connectivity index (χ4n) is 4.36. The van der Waals surface area contributed by atoms with Crippen molar-refractivity contribution in [1.82, 2.24) is 15.1 Å². The lowest BCUT2D eigenvalue weighted by molar-refractivity contribution is -0.143. The van der Waals surface area contributed by atoms with Crippen molar-refractivity contribution in [2.24, 2.45) is 11.8 Å². The minimum atomic E-state index is -0.104. The third-order valence-electron chi connectivity index (χ3n) is 6.09. The first-order valence-corrected chi connectivity index (χ1v) is 9.63. The number of carbonyl (C=O) groups is 1. The Morgan fingerprint density at radius 1 is 1.04 bits per heavy atom. The van der Waals surface area contributed by atoms with Gasteiger partial charge in [-0.25, -0.2) is 0 Å². The smallest absolute Gasteiger partial charge is 0.245 e. The van der Waals surface area contributed by atoms with Crippen molar-refractivity contribution >= 4 is 5.91 Å². The summed E-state index contributed by atoms with van der Waals surface area (Å²) in [6.07, 6.45) is 5.92. The lowest BCUT2D eigenvalue weighted by Crippen LogP contribution is -2.48. The van der Waals surface area contributed by atoms with Crippen LogP contribution in [-0.2, 0) is 14.3 Å². The molecule has 3 saturated heterocycles. The molecule has 1 aliphatic carbocycles. The van der Waals surface area contributed by atoms with Crippen LogP contribution in [0.25, 0.3) is 0 Å². The van der Waals surface area contributed by atoms with E-state index in [1.165, 1.54) is 0 Å². The van der Waals surface area contributed by atoms with E-state index in [0.29, 0.717) is 37.5 Å². The summed E-state index contributed by atoms with van der Waals surface area (Å²) in [5.74, 6) is 2.75. The molecule has 1 aromatic rings. The number of rotatable bonds is 3. The van der Waals surface area contributed by atoms with Crippen LogP contribution in [-0.4, -0.2) is 53.4 Å². The minimum Gasteiger partial charge on any atom is -0.422 e. The standard InChI is InChI=1S/C18H25N3O4/c22-18(12-4-7-23-8-5-12)21-6-3-13-9-14(24-15(13)10-21)17-20-19-16(25-17)11-1-2-11/h11-15H,1-10H2/t13-,14+,15+/m1/s1. The van der Waals surface area contributed by atoms with E-state index in [1.807, 2.05) is 4.90 Å². The third-order valence-corrected chi connectivity index (χ3v) is 6.09. The highest BCUT2D eigenvalue weighted by molar-refractivity contribution is 5.79. The number of carbonyl (C=O) groups excluding carboxylic acids is 1. The number of hydrogen-bond donors (Lipinski definition) is 0. The SMILES string of the molecule is O=C(C1CCOCC1)N1CC[C@@H]2C[C@@H](c3nnc(C4CC4)o3)O[C@H]2C1. The Kier molecular flexibility index (Phi) is 4.01. The van der Waals surface area contributed by atoms with E-state index >= 15 is 0 Å². The summed E-state index contributed by atoms with van der Waals surface area (Å²) >= 11 is 0. The zero-order valence-electron chi connectivity index (χ0n) is 14.4. The molecule has 7 nitrogen and oxygen atoms in total. The van der Waals surface area contributed by atoms with Crippen LogP contribution < -0.4 is 0 Å². The maximum Gasteiger partial charge on any atom is 0.245 e. The number of nitrogens with zero attached hydrogens (tertiary/aromatic N) is 3. The quantitative estimate of drug-likeness (QED) is 0.833. The monoisotopic (exact) mass is 347 g/mol. The van der Waals surface area contributed by atoms with Gasteiger partial charge in [0.15, 0.2) is 0 Å². The molecular weight excluding hydrogens is 322 g/mol. The predicted octanol–water partition coefficient (Wildman–Crippen LogP) is 2.05. The second kappa shape index (κ2) is 6.36. The summed E-state index contributed by atoms with van der Waals surface area (Å²) in [7, 11) is 0. The largest absolute Gasteiger partial charge is 0.422 e. The summed E-state index contributed by atoms with van der Waals surface area (Å²) in [5, 5.41) is 8.38. The summed E-state index contributed by atoms with van der Waals surface area (Å²) in [6.45, 7) is 2.94.